The number of furan rings is 1. The molecule has 0 spiro atoms. The van der Waals surface area contributed by atoms with Gasteiger partial charge in [0, 0.05) is 11.5 Å². The maximum absolute atomic E-state index is 10.9. The van der Waals surface area contributed by atoms with Crippen LogP contribution in [0.15, 0.2) is 4.42 Å². The summed E-state index contributed by atoms with van der Waals surface area (Å²) in [5, 5.41) is 8.98. The summed E-state index contributed by atoms with van der Waals surface area (Å²) in [7, 11) is 0. The van der Waals surface area contributed by atoms with Gasteiger partial charge in [-0.15, -0.1) is 0 Å². The van der Waals surface area contributed by atoms with Crippen molar-refractivity contribution in [2.75, 3.05) is 0 Å². The number of aryl methyl sites for hydroxylation is 1. The van der Waals surface area contributed by atoms with Crippen molar-refractivity contribution in [2.45, 2.75) is 32.6 Å². The van der Waals surface area contributed by atoms with E-state index in [4.69, 9.17) is 9.52 Å². The molecule has 1 heterocycles. The van der Waals surface area contributed by atoms with E-state index < -0.39 is 5.97 Å². The minimum Gasteiger partial charge on any atom is -0.478 e. The van der Waals surface area contributed by atoms with Gasteiger partial charge in [0.05, 0.1) is 0 Å². The molecule has 3 heteroatoms. The smallest absolute Gasteiger partial charge is 0.339 e. The Morgan fingerprint density at radius 1 is 1.46 bits per heavy atom. The van der Waals surface area contributed by atoms with Crippen LogP contribution in [0.5, 0.6) is 0 Å². The average Bonchev–Trinajstić information content (AvgIpc) is 2.80. The fraction of sp³-hybridized carbons (Fsp3) is 0.500. The number of rotatable bonds is 2. The zero-order chi connectivity index (χ0) is 9.59. The molecule has 1 aromatic heterocycles. The molecular weight excluding hydrogens is 168 g/mol. The van der Waals surface area contributed by atoms with Crippen LogP contribution in [0, 0.1) is 13.8 Å². The first kappa shape index (κ1) is 8.35. The Morgan fingerprint density at radius 3 is 2.54 bits per heavy atom. The summed E-state index contributed by atoms with van der Waals surface area (Å²) in [6, 6.07) is 0. The first-order valence-corrected chi connectivity index (χ1v) is 4.44. The van der Waals surface area contributed by atoms with Crippen LogP contribution in [0.1, 0.15) is 46.2 Å². The van der Waals surface area contributed by atoms with Crippen molar-refractivity contribution in [3.8, 4) is 0 Å². The second-order valence-electron chi connectivity index (χ2n) is 3.60. The Balaban J connectivity index is 2.54. The highest BCUT2D eigenvalue weighted by molar-refractivity contribution is 5.91. The van der Waals surface area contributed by atoms with Crippen LogP contribution in [0.3, 0.4) is 0 Å². The quantitative estimate of drug-likeness (QED) is 0.760. The van der Waals surface area contributed by atoms with Crippen molar-refractivity contribution in [2.24, 2.45) is 0 Å². The van der Waals surface area contributed by atoms with Gasteiger partial charge in [0.25, 0.3) is 0 Å². The molecule has 0 saturated heterocycles. The van der Waals surface area contributed by atoms with Crippen molar-refractivity contribution >= 4 is 5.97 Å². The second kappa shape index (κ2) is 2.62. The third kappa shape index (κ3) is 1.24. The summed E-state index contributed by atoms with van der Waals surface area (Å²) in [5.74, 6) is 0.913. The summed E-state index contributed by atoms with van der Waals surface area (Å²) in [5.41, 5.74) is 1.16. The summed E-state index contributed by atoms with van der Waals surface area (Å²) < 4.78 is 5.45. The SMILES string of the molecule is Cc1oc(C2CC2)c(C(=O)O)c1C. The van der Waals surface area contributed by atoms with Crippen LogP contribution < -0.4 is 0 Å². The molecule has 70 valence electrons. The molecule has 0 atom stereocenters. The number of hydrogen-bond acceptors (Lipinski definition) is 2. The number of carboxylic acids is 1. The summed E-state index contributed by atoms with van der Waals surface area (Å²) in [6.07, 6.45) is 2.12. The van der Waals surface area contributed by atoms with E-state index in [1.807, 2.05) is 6.92 Å². The molecule has 0 aliphatic heterocycles. The predicted octanol–water partition coefficient (Wildman–Crippen LogP) is 2.47. The van der Waals surface area contributed by atoms with Gasteiger partial charge in [-0.25, -0.2) is 4.79 Å². The topological polar surface area (TPSA) is 50.4 Å². The lowest BCUT2D eigenvalue weighted by molar-refractivity contribution is 0.0693. The Hall–Kier alpha value is -1.25. The van der Waals surface area contributed by atoms with E-state index >= 15 is 0 Å². The molecule has 1 aliphatic rings. The maximum Gasteiger partial charge on any atom is 0.339 e. The molecule has 0 unspecified atom stereocenters. The van der Waals surface area contributed by atoms with Gasteiger partial charge in [0.15, 0.2) is 0 Å². The van der Waals surface area contributed by atoms with E-state index in [1.165, 1.54) is 0 Å². The molecule has 3 nitrogen and oxygen atoms in total. The van der Waals surface area contributed by atoms with Crippen molar-refractivity contribution in [1.29, 1.82) is 0 Å². The second-order valence-corrected chi connectivity index (χ2v) is 3.60. The summed E-state index contributed by atoms with van der Waals surface area (Å²) in [6.45, 7) is 3.61. The van der Waals surface area contributed by atoms with Gasteiger partial charge in [-0.2, -0.15) is 0 Å². The average molecular weight is 180 g/mol. The molecule has 0 aromatic carbocycles. The van der Waals surface area contributed by atoms with Gasteiger partial charge in [-0.05, 0) is 26.7 Å². The summed E-state index contributed by atoms with van der Waals surface area (Å²) >= 11 is 0. The Bertz CT molecular complexity index is 358. The standard InChI is InChI=1S/C10H12O3/c1-5-6(2)13-9(7-3-4-7)8(5)10(11)12/h7H,3-4H2,1-2H3,(H,11,12). The van der Waals surface area contributed by atoms with Gasteiger partial charge >= 0.3 is 5.97 Å². The van der Waals surface area contributed by atoms with Crippen molar-refractivity contribution in [3.63, 3.8) is 0 Å². The molecule has 13 heavy (non-hydrogen) atoms. The normalized spacial score (nSPS) is 16.2. The number of aromatic carboxylic acids is 1. The van der Waals surface area contributed by atoms with Crippen LogP contribution in [0.2, 0.25) is 0 Å². The van der Waals surface area contributed by atoms with Crippen LogP contribution >= 0.6 is 0 Å². The first-order chi connectivity index (χ1) is 6.11. The van der Waals surface area contributed by atoms with E-state index in [1.54, 1.807) is 6.92 Å². The minimum atomic E-state index is -0.865. The minimum absolute atomic E-state index is 0.360. The first-order valence-electron chi connectivity index (χ1n) is 4.44. The van der Waals surface area contributed by atoms with Crippen molar-refractivity contribution < 1.29 is 14.3 Å². The molecular formula is C10H12O3. The van der Waals surface area contributed by atoms with Gasteiger partial charge in [0.2, 0.25) is 0 Å². The molecule has 0 radical (unpaired) electrons. The Morgan fingerprint density at radius 2 is 2.08 bits per heavy atom. The van der Waals surface area contributed by atoms with Crippen LogP contribution in [-0.2, 0) is 0 Å². The molecule has 0 bridgehead atoms. The maximum atomic E-state index is 10.9. The van der Waals surface area contributed by atoms with Crippen LogP contribution in [-0.4, -0.2) is 11.1 Å². The molecule has 1 N–H and O–H groups in total. The monoisotopic (exact) mass is 180 g/mol. The summed E-state index contributed by atoms with van der Waals surface area (Å²) in [4.78, 5) is 10.9. The lowest BCUT2D eigenvalue weighted by Crippen LogP contribution is -2.00. The zero-order valence-electron chi connectivity index (χ0n) is 7.76. The fourth-order valence-corrected chi connectivity index (χ4v) is 1.55. The van der Waals surface area contributed by atoms with E-state index in [0.717, 1.165) is 24.2 Å². The molecule has 0 amide bonds. The van der Waals surface area contributed by atoms with Crippen LogP contribution in [0.4, 0.5) is 0 Å². The highest BCUT2D eigenvalue weighted by Gasteiger charge is 2.33. The zero-order valence-corrected chi connectivity index (χ0v) is 7.76. The fourth-order valence-electron chi connectivity index (χ4n) is 1.55. The lowest BCUT2D eigenvalue weighted by Gasteiger charge is -1.94. The van der Waals surface area contributed by atoms with Gasteiger partial charge in [0.1, 0.15) is 17.1 Å². The molecule has 1 fully saturated rings. The molecule has 1 aromatic rings. The van der Waals surface area contributed by atoms with Gasteiger partial charge in [-0.1, -0.05) is 0 Å². The highest BCUT2D eigenvalue weighted by Crippen LogP contribution is 2.43. The third-order valence-electron chi connectivity index (χ3n) is 2.57. The van der Waals surface area contributed by atoms with E-state index in [0.29, 0.717) is 17.2 Å². The Kier molecular flexibility index (Phi) is 1.68. The highest BCUT2D eigenvalue weighted by atomic mass is 16.4. The molecule has 1 aliphatic carbocycles. The number of hydrogen-bond donors (Lipinski definition) is 1. The molecule has 2 rings (SSSR count). The largest absolute Gasteiger partial charge is 0.478 e. The predicted molar refractivity (Wildman–Crippen MR) is 47.1 cm³/mol. The van der Waals surface area contributed by atoms with Gasteiger partial charge < -0.3 is 9.52 Å². The van der Waals surface area contributed by atoms with E-state index in [9.17, 15) is 4.79 Å². The van der Waals surface area contributed by atoms with Crippen molar-refractivity contribution in [1.82, 2.24) is 0 Å². The Labute approximate surface area is 76.4 Å². The number of carboxylic acid groups (broad SMARTS) is 1. The van der Waals surface area contributed by atoms with Crippen LogP contribution in [0.25, 0.3) is 0 Å². The van der Waals surface area contributed by atoms with E-state index in [2.05, 4.69) is 0 Å². The van der Waals surface area contributed by atoms with Crippen molar-refractivity contribution in [3.05, 3.63) is 22.6 Å². The lowest BCUT2D eigenvalue weighted by atomic mass is 10.1. The third-order valence-corrected chi connectivity index (χ3v) is 2.57. The van der Waals surface area contributed by atoms with E-state index in [-0.39, 0.29) is 0 Å². The number of carbonyl (C=O) groups is 1. The molecule has 1 saturated carbocycles. The van der Waals surface area contributed by atoms with Gasteiger partial charge in [-0.3, -0.25) is 0 Å².